The molecule has 2 aliphatic heterocycles. The van der Waals surface area contributed by atoms with Crippen LogP contribution in [0.3, 0.4) is 0 Å². The van der Waals surface area contributed by atoms with Crippen LogP contribution in [0.4, 0.5) is 20.6 Å². The second kappa shape index (κ2) is 7.60. The summed E-state index contributed by atoms with van der Waals surface area (Å²) in [7, 11) is 3.95. The molecule has 1 aromatic carbocycles. The minimum absolute atomic E-state index is 0.167. The van der Waals surface area contributed by atoms with E-state index in [0.29, 0.717) is 11.7 Å². The highest BCUT2D eigenvalue weighted by Crippen LogP contribution is 2.26. The molecule has 0 aromatic heterocycles. The number of urea groups is 1. The normalized spacial score (nSPS) is 24.4. The molecule has 2 amide bonds. The third-order valence-electron chi connectivity index (χ3n) is 5.65. The smallest absolute Gasteiger partial charge is 0.321 e. The largest absolute Gasteiger partial charge is 0.371 e. The average Bonchev–Trinajstić information content (AvgIpc) is 3.10. The monoisotopic (exact) mass is 348 g/mol. The fraction of sp³-hybridized carbons (Fsp3) is 0.632. The van der Waals surface area contributed by atoms with Crippen molar-refractivity contribution in [3.8, 4) is 0 Å². The topological polar surface area (TPSA) is 38.8 Å². The summed E-state index contributed by atoms with van der Waals surface area (Å²) >= 11 is 0. The van der Waals surface area contributed by atoms with E-state index in [9.17, 15) is 9.18 Å². The first kappa shape index (κ1) is 18.0. The SMILES string of the molecule is C[C@@H]1C[C@H](N(C)C(=O)Nc2cc(F)cc(N3CCCC3)c2)CCN1C. The maximum atomic E-state index is 14.0. The van der Waals surface area contributed by atoms with Gasteiger partial charge in [0, 0.05) is 50.1 Å². The van der Waals surface area contributed by atoms with Gasteiger partial charge in [-0.05, 0) is 57.9 Å². The summed E-state index contributed by atoms with van der Waals surface area (Å²) in [6.45, 7) is 5.07. The Hall–Kier alpha value is -1.82. The molecule has 1 N–H and O–H groups in total. The molecule has 6 heteroatoms. The number of piperidine rings is 1. The van der Waals surface area contributed by atoms with Crippen molar-refractivity contribution in [3.63, 3.8) is 0 Å². The van der Waals surface area contributed by atoms with E-state index in [1.54, 1.807) is 11.0 Å². The molecule has 2 saturated heterocycles. The Balaban J connectivity index is 1.66. The standard InChI is InChI=1S/C19H29FN4O/c1-14-10-17(6-9-22(14)2)23(3)19(25)21-16-11-15(20)12-18(13-16)24-7-4-5-8-24/h11-14,17H,4-10H2,1-3H3,(H,21,25)/t14-,17-/m1/s1. The molecule has 0 saturated carbocycles. The van der Waals surface area contributed by atoms with Crippen LogP contribution in [-0.4, -0.2) is 61.6 Å². The molecule has 0 spiro atoms. The zero-order valence-electron chi connectivity index (χ0n) is 15.5. The van der Waals surface area contributed by atoms with E-state index in [-0.39, 0.29) is 17.9 Å². The van der Waals surface area contributed by atoms with Crippen molar-refractivity contribution in [2.24, 2.45) is 0 Å². The lowest BCUT2D eigenvalue weighted by Gasteiger charge is -2.39. The van der Waals surface area contributed by atoms with Crippen molar-refractivity contribution in [3.05, 3.63) is 24.0 Å². The Kier molecular flexibility index (Phi) is 5.47. The van der Waals surface area contributed by atoms with Crippen molar-refractivity contribution in [1.29, 1.82) is 0 Å². The summed E-state index contributed by atoms with van der Waals surface area (Å²) in [6.07, 6.45) is 4.19. The number of rotatable bonds is 3. The highest BCUT2D eigenvalue weighted by atomic mass is 19.1. The molecule has 0 bridgehead atoms. The summed E-state index contributed by atoms with van der Waals surface area (Å²) in [4.78, 5) is 18.9. The number of carbonyl (C=O) groups is 1. The van der Waals surface area contributed by atoms with Crippen LogP contribution in [0.5, 0.6) is 0 Å². The number of hydrogen-bond acceptors (Lipinski definition) is 3. The van der Waals surface area contributed by atoms with Gasteiger partial charge in [-0.15, -0.1) is 0 Å². The molecule has 3 rings (SSSR count). The van der Waals surface area contributed by atoms with Crippen LogP contribution < -0.4 is 10.2 Å². The van der Waals surface area contributed by atoms with Gasteiger partial charge in [-0.2, -0.15) is 0 Å². The van der Waals surface area contributed by atoms with Gasteiger partial charge in [0.2, 0.25) is 0 Å². The minimum atomic E-state index is -0.310. The van der Waals surface area contributed by atoms with E-state index in [4.69, 9.17) is 0 Å². The summed E-state index contributed by atoms with van der Waals surface area (Å²) in [5.74, 6) is -0.310. The Bertz CT molecular complexity index is 617. The van der Waals surface area contributed by atoms with E-state index in [1.807, 2.05) is 13.1 Å². The van der Waals surface area contributed by atoms with E-state index in [0.717, 1.165) is 51.0 Å². The van der Waals surface area contributed by atoms with Crippen LogP contribution in [0.2, 0.25) is 0 Å². The number of anilines is 2. The average molecular weight is 348 g/mol. The van der Waals surface area contributed by atoms with Crippen LogP contribution in [0.1, 0.15) is 32.6 Å². The van der Waals surface area contributed by atoms with Crippen molar-refractivity contribution in [2.75, 3.05) is 43.9 Å². The Labute approximate surface area is 149 Å². The quantitative estimate of drug-likeness (QED) is 0.910. The molecule has 0 unspecified atom stereocenters. The summed E-state index contributed by atoms with van der Waals surface area (Å²) in [6, 6.07) is 5.33. The molecule has 2 fully saturated rings. The zero-order valence-corrected chi connectivity index (χ0v) is 15.5. The number of nitrogens with one attached hydrogen (secondary N) is 1. The second-order valence-corrected chi connectivity index (χ2v) is 7.44. The third kappa shape index (κ3) is 4.24. The van der Waals surface area contributed by atoms with E-state index < -0.39 is 0 Å². The van der Waals surface area contributed by atoms with Gasteiger partial charge in [0.15, 0.2) is 0 Å². The van der Waals surface area contributed by atoms with Gasteiger partial charge in [-0.1, -0.05) is 0 Å². The van der Waals surface area contributed by atoms with Crippen molar-refractivity contribution in [2.45, 2.75) is 44.7 Å². The molecule has 0 radical (unpaired) electrons. The van der Waals surface area contributed by atoms with E-state index in [2.05, 4.69) is 29.1 Å². The molecule has 1 aromatic rings. The highest BCUT2D eigenvalue weighted by Gasteiger charge is 2.28. The Morgan fingerprint density at radius 3 is 2.64 bits per heavy atom. The van der Waals surface area contributed by atoms with Gasteiger partial charge in [-0.25, -0.2) is 9.18 Å². The summed E-state index contributed by atoms with van der Waals surface area (Å²) < 4.78 is 14.0. The molecule has 5 nitrogen and oxygen atoms in total. The van der Waals surface area contributed by atoms with Crippen LogP contribution >= 0.6 is 0 Å². The summed E-state index contributed by atoms with van der Waals surface area (Å²) in [5.41, 5.74) is 1.38. The zero-order chi connectivity index (χ0) is 18.0. The Morgan fingerprint density at radius 1 is 1.24 bits per heavy atom. The minimum Gasteiger partial charge on any atom is -0.371 e. The Morgan fingerprint density at radius 2 is 1.96 bits per heavy atom. The molecule has 138 valence electrons. The first-order chi connectivity index (χ1) is 11.9. The lowest BCUT2D eigenvalue weighted by molar-refractivity contribution is 0.120. The van der Waals surface area contributed by atoms with Crippen molar-refractivity contribution < 1.29 is 9.18 Å². The molecular formula is C19H29FN4O. The van der Waals surface area contributed by atoms with Crippen LogP contribution in [0, 0.1) is 5.82 Å². The molecular weight excluding hydrogens is 319 g/mol. The number of likely N-dealkylation sites (tertiary alicyclic amines) is 1. The fourth-order valence-electron chi connectivity index (χ4n) is 3.80. The molecule has 2 atom stereocenters. The molecule has 2 aliphatic rings. The number of halogens is 1. The highest BCUT2D eigenvalue weighted by molar-refractivity contribution is 5.90. The number of amides is 2. The van der Waals surface area contributed by atoms with Crippen molar-refractivity contribution >= 4 is 17.4 Å². The van der Waals surface area contributed by atoms with E-state index >= 15 is 0 Å². The van der Waals surface area contributed by atoms with Gasteiger partial charge >= 0.3 is 6.03 Å². The summed E-state index contributed by atoms with van der Waals surface area (Å²) in [5, 5.41) is 2.88. The molecule has 0 aliphatic carbocycles. The maximum absolute atomic E-state index is 14.0. The van der Waals surface area contributed by atoms with Crippen LogP contribution in [-0.2, 0) is 0 Å². The van der Waals surface area contributed by atoms with Gasteiger partial charge < -0.3 is 20.0 Å². The fourth-order valence-corrected chi connectivity index (χ4v) is 3.80. The van der Waals surface area contributed by atoms with Gasteiger partial charge in [0.1, 0.15) is 5.82 Å². The first-order valence-electron chi connectivity index (χ1n) is 9.23. The van der Waals surface area contributed by atoms with Gasteiger partial charge in [-0.3, -0.25) is 0 Å². The number of nitrogens with zero attached hydrogens (tertiary/aromatic N) is 3. The van der Waals surface area contributed by atoms with Crippen molar-refractivity contribution in [1.82, 2.24) is 9.80 Å². The number of hydrogen-bond donors (Lipinski definition) is 1. The second-order valence-electron chi connectivity index (χ2n) is 7.44. The molecule has 25 heavy (non-hydrogen) atoms. The first-order valence-corrected chi connectivity index (χ1v) is 9.23. The van der Waals surface area contributed by atoms with Crippen LogP contribution in [0.15, 0.2) is 18.2 Å². The predicted molar refractivity (Wildman–Crippen MR) is 99.7 cm³/mol. The number of benzene rings is 1. The molecule has 2 heterocycles. The van der Waals surface area contributed by atoms with Gasteiger partial charge in [0.25, 0.3) is 0 Å². The lowest BCUT2D eigenvalue weighted by atomic mass is 9.98. The number of carbonyl (C=O) groups excluding carboxylic acids is 1. The van der Waals surface area contributed by atoms with Crippen LogP contribution in [0.25, 0.3) is 0 Å². The third-order valence-corrected chi connectivity index (χ3v) is 5.65. The maximum Gasteiger partial charge on any atom is 0.321 e. The predicted octanol–water partition coefficient (Wildman–Crippen LogP) is 3.37. The van der Waals surface area contributed by atoms with Gasteiger partial charge in [0.05, 0.1) is 0 Å². The lowest BCUT2D eigenvalue weighted by Crippen LogP contribution is -2.49. The van der Waals surface area contributed by atoms with E-state index in [1.165, 1.54) is 6.07 Å².